The van der Waals surface area contributed by atoms with Crippen LogP contribution in [0.25, 0.3) is 0 Å². The molecule has 0 heterocycles. The summed E-state index contributed by atoms with van der Waals surface area (Å²) in [6.45, 7) is 7.19. The van der Waals surface area contributed by atoms with Crippen LogP contribution in [0.2, 0.25) is 0 Å². The monoisotopic (exact) mass is 293 g/mol. The molecule has 0 fully saturated rings. The molecule has 4 atom stereocenters. The molecule has 112 valence electrons. The minimum Gasteiger partial charge on any atom is -0.392 e. The van der Waals surface area contributed by atoms with Crippen molar-refractivity contribution in [3.8, 4) is 0 Å². The minimum atomic E-state index is -0.249. The van der Waals surface area contributed by atoms with Gasteiger partial charge in [-0.3, -0.25) is 0 Å². The van der Waals surface area contributed by atoms with Crippen LogP contribution in [0.15, 0.2) is 24.3 Å². The van der Waals surface area contributed by atoms with Crippen molar-refractivity contribution in [2.75, 3.05) is 6.54 Å². The van der Waals surface area contributed by atoms with Crippen molar-refractivity contribution < 1.29 is 5.11 Å². The lowest BCUT2D eigenvalue weighted by Gasteiger charge is -2.30. The molecule has 2 rings (SSSR count). The van der Waals surface area contributed by atoms with Crippen molar-refractivity contribution in [2.24, 2.45) is 0 Å². The number of thioether (sulfide) groups is 1. The standard InChI is InChI=1S/C17H27NOS/c1-4-18-17-15-10-6-5-8-14(15)9-7-11-16(17)20-13(3)12(2)19/h5-6,8,10,12-13,16-19H,4,7,9,11H2,1-3H3. The zero-order valence-electron chi connectivity index (χ0n) is 12.8. The van der Waals surface area contributed by atoms with E-state index < -0.39 is 0 Å². The number of hydrogen-bond acceptors (Lipinski definition) is 3. The van der Waals surface area contributed by atoms with E-state index in [2.05, 4.69) is 43.4 Å². The summed E-state index contributed by atoms with van der Waals surface area (Å²) in [4.78, 5) is 0. The topological polar surface area (TPSA) is 32.3 Å². The van der Waals surface area contributed by atoms with Crippen LogP contribution in [0.1, 0.15) is 50.8 Å². The van der Waals surface area contributed by atoms with Crippen LogP contribution in [0, 0.1) is 0 Å². The second-order valence-electron chi connectivity index (χ2n) is 5.75. The number of rotatable bonds is 5. The van der Waals surface area contributed by atoms with E-state index in [-0.39, 0.29) is 11.4 Å². The van der Waals surface area contributed by atoms with Crippen molar-refractivity contribution >= 4 is 11.8 Å². The molecule has 0 saturated carbocycles. The molecule has 0 aromatic heterocycles. The normalized spacial score (nSPS) is 25.6. The fraction of sp³-hybridized carbons (Fsp3) is 0.647. The van der Waals surface area contributed by atoms with Gasteiger partial charge in [0.1, 0.15) is 0 Å². The SMILES string of the molecule is CCNC1c2ccccc2CCCC1SC(C)C(C)O. The lowest BCUT2D eigenvalue weighted by atomic mass is 9.99. The highest BCUT2D eigenvalue weighted by Gasteiger charge is 2.29. The van der Waals surface area contributed by atoms with Gasteiger partial charge in [0.2, 0.25) is 0 Å². The van der Waals surface area contributed by atoms with Crippen LogP contribution < -0.4 is 5.32 Å². The van der Waals surface area contributed by atoms with E-state index in [0.717, 1.165) is 6.54 Å². The van der Waals surface area contributed by atoms with Gasteiger partial charge >= 0.3 is 0 Å². The molecule has 4 unspecified atom stereocenters. The van der Waals surface area contributed by atoms with E-state index in [0.29, 0.717) is 11.3 Å². The fourth-order valence-corrected chi connectivity index (χ4v) is 4.40. The number of aryl methyl sites for hydroxylation is 1. The van der Waals surface area contributed by atoms with Crippen LogP contribution in [0.4, 0.5) is 0 Å². The Morgan fingerprint density at radius 2 is 2.10 bits per heavy atom. The molecule has 0 radical (unpaired) electrons. The maximum Gasteiger partial charge on any atom is 0.0628 e. The summed E-state index contributed by atoms with van der Waals surface area (Å²) >= 11 is 1.94. The molecule has 1 aliphatic rings. The predicted octanol–water partition coefficient (Wildman–Crippen LogP) is 3.54. The van der Waals surface area contributed by atoms with E-state index in [4.69, 9.17) is 0 Å². The third-order valence-corrected chi connectivity index (χ3v) is 5.87. The van der Waals surface area contributed by atoms with Gasteiger partial charge in [-0.25, -0.2) is 0 Å². The number of aliphatic hydroxyl groups is 1. The average molecular weight is 293 g/mol. The van der Waals surface area contributed by atoms with Crippen LogP contribution in [-0.4, -0.2) is 28.3 Å². The Morgan fingerprint density at radius 3 is 2.80 bits per heavy atom. The number of aliphatic hydroxyl groups excluding tert-OH is 1. The quantitative estimate of drug-likeness (QED) is 0.814. The number of fused-ring (bicyclic) bond motifs is 1. The molecule has 1 aromatic carbocycles. The highest BCUT2D eigenvalue weighted by atomic mass is 32.2. The first-order chi connectivity index (χ1) is 9.63. The van der Waals surface area contributed by atoms with Gasteiger partial charge in [0.05, 0.1) is 6.10 Å². The highest BCUT2D eigenvalue weighted by molar-refractivity contribution is 8.00. The smallest absolute Gasteiger partial charge is 0.0628 e. The first-order valence-corrected chi connectivity index (χ1v) is 8.72. The summed E-state index contributed by atoms with van der Waals surface area (Å²) in [5.74, 6) is 0. The molecule has 2 N–H and O–H groups in total. The maximum atomic E-state index is 9.79. The van der Waals surface area contributed by atoms with Gasteiger partial charge in [0, 0.05) is 16.5 Å². The lowest BCUT2D eigenvalue weighted by Crippen LogP contribution is -2.32. The largest absolute Gasteiger partial charge is 0.392 e. The molecular formula is C17H27NOS. The van der Waals surface area contributed by atoms with Crippen LogP contribution in [0.5, 0.6) is 0 Å². The Morgan fingerprint density at radius 1 is 1.35 bits per heavy atom. The minimum absolute atomic E-state index is 0.249. The molecule has 1 aromatic rings. The van der Waals surface area contributed by atoms with Crippen LogP contribution in [0.3, 0.4) is 0 Å². The summed E-state index contributed by atoms with van der Waals surface area (Å²) in [5, 5.41) is 14.3. The second-order valence-corrected chi connectivity index (χ2v) is 7.37. The Hall–Kier alpha value is -0.510. The molecule has 0 spiro atoms. The second kappa shape index (κ2) is 7.48. The number of benzene rings is 1. The van der Waals surface area contributed by atoms with Crippen molar-refractivity contribution in [1.82, 2.24) is 5.32 Å². The molecule has 20 heavy (non-hydrogen) atoms. The van der Waals surface area contributed by atoms with E-state index >= 15 is 0 Å². The van der Waals surface area contributed by atoms with Crippen molar-refractivity contribution in [3.63, 3.8) is 0 Å². The zero-order valence-corrected chi connectivity index (χ0v) is 13.6. The Bertz CT molecular complexity index is 421. The van der Waals surface area contributed by atoms with Gasteiger partial charge in [-0.05, 0) is 43.9 Å². The molecule has 1 aliphatic carbocycles. The van der Waals surface area contributed by atoms with E-state index in [1.54, 1.807) is 0 Å². The summed E-state index contributed by atoms with van der Waals surface area (Å²) in [6.07, 6.45) is 3.39. The predicted molar refractivity (Wildman–Crippen MR) is 88.3 cm³/mol. The highest BCUT2D eigenvalue weighted by Crippen LogP contribution is 2.38. The first-order valence-electron chi connectivity index (χ1n) is 7.78. The third kappa shape index (κ3) is 3.78. The third-order valence-electron chi connectivity index (χ3n) is 4.19. The van der Waals surface area contributed by atoms with Gasteiger partial charge in [-0.1, -0.05) is 38.1 Å². The molecule has 2 nitrogen and oxygen atoms in total. The molecule has 3 heteroatoms. The van der Waals surface area contributed by atoms with Gasteiger partial charge < -0.3 is 10.4 Å². The summed E-state index contributed by atoms with van der Waals surface area (Å²) in [7, 11) is 0. The van der Waals surface area contributed by atoms with E-state index in [1.807, 2.05) is 18.7 Å². The first kappa shape index (κ1) is 15.9. The fourth-order valence-electron chi connectivity index (χ4n) is 2.92. The number of hydrogen-bond donors (Lipinski definition) is 2. The molecule has 0 amide bonds. The Balaban J connectivity index is 2.23. The number of nitrogens with one attached hydrogen (secondary N) is 1. The van der Waals surface area contributed by atoms with Gasteiger partial charge in [0.25, 0.3) is 0 Å². The van der Waals surface area contributed by atoms with Crippen molar-refractivity contribution in [3.05, 3.63) is 35.4 Å². The Kier molecular flexibility index (Phi) is 5.94. The summed E-state index contributed by atoms with van der Waals surface area (Å²) < 4.78 is 0. The van der Waals surface area contributed by atoms with Crippen LogP contribution in [-0.2, 0) is 6.42 Å². The molecular weight excluding hydrogens is 266 g/mol. The average Bonchev–Trinajstić information content (AvgIpc) is 2.60. The van der Waals surface area contributed by atoms with E-state index in [9.17, 15) is 5.11 Å². The van der Waals surface area contributed by atoms with Gasteiger partial charge in [0.15, 0.2) is 0 Å². The molecule has 0 saturated heterocycles. The Labute approximate surface area is 127 Å². The molecule has 0 aliphatic heterocycles. The van der Waals surface area contributed by atoms with Gasteiger partial charge in [-0.2, -0.15) is 11.8 Å². The summed E-state index contributed by atoms with van der Waals surface area (Å²) in [5.41, 5.74) is 2.95. The summed E-state index contributed by atoms with van der Waals surface area (Å²) in [6, 6.07) is 9.24. The van der Waals surface area contributed by atoms with Crippen LogP contribution >= 0.6 is 11.8 Å². The van der Waals surface area contributed by atoms with Gasteiger partial charge in [-0.15, -0.1) is 0 Å². The van der Waals surface area contributed by atoms with Crippen molar-refractivity contribution in [1.29, 1.82) is 0 Å². The molecule has 0 bridgehead atoms. The maximum absolute atomic E-state index is 9.79. The lowest BCUT2D eigenvalue weighted by molar-refractivity contribution is 0.196. The zero-order chi connectivity index (χ0) is 14.5. The van der Waals surface area contributed by atoms with E-state index in [1.165, 1.54) is 30.4 Å². The van der Waals surface area contributed by atoms with Crippen molar-refractivity contribution in [2.45, 2.75) is 62.7 Å².